The van der Waals surface area contributed by atoms with Crippen LogP contribution < -0.4 is 4.74 Å². The molecule has 0 bridgehead atoms. The van der Waals surface area contributed by atoms with Crippen molar-refractivity contribution in [3.05, 3.63) is 30.5 Å². The van der Waals surface area contributed by atoms with E-state index >= 15 is 0 Å². The normalized spacial score (nSPS) is 9.15. The Morgan fingerprint density at radius 3 is 2.62 bits per heavy atom. The molecule has 1 N–H and O–H groups in total. The Kier molecular flexibility index (Phi) is 3.38. The topological polar surface area (TPSA) is 25.0 Å². The number of benzene rings is 1. The molecule has 0 aliphatic heterocycles. The summed E-state index contributed by atoms with van der Waals surface area (Å²) in [5, 5.41) is 1.18. The summed E-state index contributed by atoms with van der Waals surface area (Å²) in [5.41, 5.74) is 1.14. The number of hydrogen-bond acceptors (Lipinski definition) is 1. The first-order valence-electron chi connectivity index (χ1n) is 4.51. The maximum atomic E-state index is 5.08. The van der Waals surface area contributed by atoms with E-state index in [0.717, 1.165) is 11.3 Å². The summed E-state index contributed by atoms with van der Waals surface area (Å²) in [6.45, 7) is 4.00. The van der Waals surface area contributed by atoms with Gasteiger partial charge in [-0.15, -0.1) is 0 Å². The van der Waals surface area contributed by atoms with Gasteiger partial charge in [-0.3, -0.25) is 0 Å². The van der Waals surface area contributed by atoms with Crippen LogP contribution in [-0.4, -0.2) is 12.1 Å². The SMILES string of the molecule is CC.COc1ccc2[nH]ccc2c1. The third kappa shape index (κ3) is 2.02. The van der Waals surface area contributed by atoms with Gasteiger partial charge in [0.15, 0.2) is 0 Å². The molecule has 1 heterocycles. The van der Waals surface area contributed by atoms with E-state index in [1.807, 2.05) is 44.3 Å². The first-order valence-corrected chi connectivity index (χ1v) is 4.51. The lowest BCUT2D eigenvalue weighted by Gasteiger charge is -1.97. The van der Waals surface area contributed by atoms with Crippen LogP contribution in [0.3, 0.4) is 0 Å². The number of hydrogen-bond donors (Lipinski definition) is 1. The predicted octanol–water partition coefficient (Wildman–Crippen LogP) is 3.20. The third-order valence-corrected chi connectivity index (χ3v) is 1.76. The van der Waals surface area contributed by atoms with E-state index in [0.29, 0.717) is 0 Å². The highest BCUT2D eigenvalue weighted by molar-refractivity contribution is 5.80. The second-order valence-electron chi connectivity index (χ2n) is 2.43. The minimum absolute atomic E-state index is 0.900. The Bertz CT molecular complexity index is 365. The first kappa shape index (κ1) is 9.65. The van der Waals surface area contributed by atoms with E-state index < -0.39 is 0 Å². The largest absolute Gasteiger partial charge is 0.497 e. The molecular formula is C11H15NO. The van der Waals surface area contributed by atoms with Gasteiger partial charge in [-0.05, 0) is 24.3 Å². The molecule has 70 valence electrons. The van der Waals surface area contributed by atoms with E-state index in [-0.39, 0.29) is 0 Å². The Hall–Kier alpha value is -1.44. The number of nitrogens with one attached hydrogen (secondary N) is 1. The summed E-state index contributed by atoms with van der Waals surface area (Å²) in [5.74, 6) is 0.900. The van der Waals surface area contributed by atoms with Crippen LogP contribution in [0.25, 0.3) is 10.9 Å². The average Bonchev–Trinajstić information content (AvgIpc) is 2.67. The fraction of sp³-hybridized carbons (Fsp3) is 0.273. The zero-order chi connectivity index (χ0) is 9.68. The van der Waals surface area contributed by atoms with Crippen molar-refractivity contribution in [2.45, 2.75) is 13.8 Å². The third-order valence-electron chi connectivity index (χ3n) is 1.76. The fourth-order valence-corrected chi connectivity index (χ4v) is 1.16. The van der Waals surface area contributed by atoms with Crippen LogP contribution in [0.15, 0.2) is 30.5 Å². The molecule has 0 atom stereocenters. The van der Waals surface area contributed by atoms with E-state index in [1.165, 1.54) is 5.39 Å². The van der Waals surface area contributed by atoms with Gasteiger partial charge in [0.1, 0.15) is 5.75 Å². The first-order chi connectivity index (χ1) is 6.40. The van der Waals surface area contributed by atoms with Crippen molar-refractivity contribution in [1.82, 2.24) is 4.98 Å². The van der Waals surface area contributed by atoms with Crippen LogP contribution in [0.4, 0.5) is 0 Å². The molecule has 0 aliphatic carbocycles. The lowest BCUT2D eigenvalue weighted by atomic mass is 10.2. The number of methoxy groups -OCH3 is 1. The Balaban J connectivity index is 0.000000396. The maximum Gasteiger partial charge on any atom is 0.119 e. The molecule has 0 unspecified atom stereocenters. The number of aromatic nitrogens is 1. The van der Waals surface area contributed by atoms with Crippen molar-refractivity contribution >= 4 is 10.9 Å². The molecular weight excluding hydrogens is 162 g/mol. The molecule has 1 aromatic carbocycles. The van der Waals surface area contributed by atoms with Crippen LogP contribution in [-0.2, 0) is 0 Å². The minimum atomic E-state index is 0.900. The summed E-state index contributed by atoms with van der Waals surface area (Å²) in [7, 11) is 1.67. The highest BCUT2D eigenvalue weighted by Crippen LogP contribution is 2.18. The summed E-state index contributed by atoms with van der Waals surface area (Å²) in [6.07, 6.45) is 1.92. The van der Waals surface area contributed by atoms with Crippen LogP contribution in [0.2, 0.25) is 0 Å². The Morgan fingerprint density at radius 2 is 1.92 bits per heavy atom. The molecule has 0 radical (unpaired) electrons. The molecule has 0 saturated heterocycles. The van der Waals surface area contributed by atoms with Crippen LogP contribution in [0.1, 0.15) is 13.8 Å². The highest BCUT2D eigenvalue weighted by Gasteiger charge is 1.94. The number of fused-ring (bicyclic) bond motifs is 1. The molecule has 2 nitrogen and oxygen atoms in total. The standard InChI is InChI=1S/C9H9NO.C2H6/c1-11-8-2-3-9-7(6-8)4-5-10-9;1-2/h2-6,10H,1H3;1-2H3. The molecule has 0 aliphatic rings. The van der Waals surface area contributed by atoms with Gasteiger partial charge in [-0.1, -0.05) is 13.8 Å². The monoisotopic (exact) mass is 177 g/mol. The van der Waals surface area contributed by atoms with E-state index in [9.17, 15) is 0 Å². The maximum absolute atomic E-state index is 5.08. The van der Waals surface area contributed by atoms with Gasteiger partial charge >= 0.3 is 0 Å². The van der Waals surface area contributed by atoms with Gasteiger partial charge in [0.2, 0.25) is 0 Å². The lowest BCUT2D eigenvalue weighted by Crippen LogP contribution is -1.80. The second-order valence-corrected chi connectivity index (χ2v) is 2.43. The highest BCUT2D eigenvalue weighted by atomic mass is 16.5. The molecule has 2 heteroatoms. The van der Waals surface area contributed by atoms with Crippen LogP contribution in [0, 0.1) is 0 Å². The van der Waals surface area contributed by atoms with E-state index in [4.69, 9.17) is 4.74 Å². The number of ether oxygens (including phenoxy) is 1. The van der Waals surface area contributed by atoms with Gasteiger partial charge in [0.05, 0.1) is 7.11 Å². The smallest absolute Gasteiger partial charge is 0.119 e. The summed E-state index contributed by atoms with van der Waals surface area (Å²) in [4.78, 5) is 3.12. The van der Waals surface area contributed by atoms with Gasteiger partial charge in [0, 0.05) is 17.1 Å². The van der Waals surface area contributed by atoms with E-state index in [1.54, 1.807) is 7.11 Å². The van der Waals surface area contributed by atoms with Crippen LogP contribution in [0.5, 0.6) is 5.75 Å². The van der Waals surface area contributed by atoms with Crippen molar-refractivity contribution < 1.29 is 4.74 Å². The Morgan fingerprint density at radius 1 is 1.15 bits per heavy atom. The van der Waals surface area contributed by atoms with Gasteiger partial charge < -0.3 is 9.72 Å². The summed E-state index contributed by atoms with van der Waals surface area (Å²) >= 11 is 0. The van der Waals surface area contributed by atoms with Gasteiger partial charge in [0.25, 0.3) is 0 Å². The van der Waals surface area contributed by atoms with Crippen LogP contribution >= 0.6 is 0 Å². The summed E-state index contributed by atoms with van der Waals surface area (Å²) < 4.78 is 5.08. The zero-order valence-electron chi connectivity index (χ0n) is 8.29. The van der Waals surface area contributed by atoms with Gasteiger partial charge in [-0.2, -0.15) is 0 Å². The van der Waals surface area contributed by atoms with Crippen molar-refractivity contribution in [3.8, 4) is 5.75 Å². The summed E-state index contributed by atoms with van der Waals surface area (Å²) in [6, 6.07) is 7.98. The molecule has 0 fully saturated rings. The average molecular weight is 177 g/mol. The van der Waals surface area contributed by atoms with Gasteiger partial charge in [-0.25, -0.2) is 0 Å². The Labute approximate surface area is 78.5 Å². The minimum Gasteiger partial charge on any atom is -0.497 e. The van der Waals surface area contributed by atoms with Crippen molar-refractivity contribution in [1.29, 1.82) is 0 Å². The zero-order valence-corrected chi connectivity index (χ0v) is 8.29. The quantitative estimate of drug-likeness (QED) is 0.710. The number of H-pyrrole nitrogens is 1. The molecule has 2 rings (SSSR count). The van der Waals surface area contributed by atoms with Crippen molar-refractivity contribution in [2.24, 2.45) is 0 Å². The predicted molar refractivity (Wildman–Crippen MR) is 56.2 cm³/mol. The molecule has 1 aromatic heterocycles. The lowest BCUT2D eigenvalue weighted by molar-refractivity contribution is 0.415. The molecule has 0 spiro atoms. The fourth-order valence-electron chi connectivity index (χ4n) is 1.16. The molecule has 0 amide bonds. The number of rotatable bonds is 1. The molecule has 0 saturated carbocycles. The van der Waals surface area contributed by atoms with Crippen molar-refractivity contribution in [2.75, 3.05) is 7.11 Å². The molecule has 13 heavy (non-hydrogen) atoms. The number of aromatic amines is 1. The van der Waals surface area contributed by atoms with Crippen molar-refractivity contribution in [3.63, 3.8) is 0 Å². The molecule has 2 aromatic rings. The second kappa shape index (κ2) is 4.55. The van der Waals surface area contributed by atoms with E-state index in [2.05, 4.69) is 4.98 Å².